The minimum Gasteiger partial charge on any atom is -0.494 e. The number of imidazole rings is 1. The van der Waals surface area contributed by atoms with Crippen LogP contribution in [0.2, 0.25) is 0 Å². The van der Waals surface area contributed by atoms with E-state index in [9.17, 15) is 9.59 Å². The molecule has 2 N–H and O–H groups in total. The number of benzene rings is 2. The van der Waals surface area contributed by atoms with Crippen molar-refractivity contribution in [3.05, 3.63) is 78.2 Å². The van der Waals surface area contributed by atoms with Gasteiger partial charge in [-0.25, -0.2) is 9.97 Å². The highest BCUT2D eigenvalue weighted by atomic mass is 32.1. The Kier molecular flexibility index (Phi) is 7.67. The number of ether oxygens (including phenoxy) is 1. The number of rotatable bonds is 10. The number of thiazole rings is 1. The van der Waals surface area contributed by atoms with E-state index in [-0.39, 0.29) is 11.8 Å². The molecule has 0 aliphatic heterocycles. The molecule has 0 unspecified atom stereocenters. The molecule has 0 saturated heterocycles. The number of carbonyl (C=O) groups is 2. The minimum absolute atomic E-state index is 0.137. The predicted molar refractivity (Wildman–Crippen MR) is 133 cm³/mol. The highest BCUT2D eigenvalue weighted by Crippen LogP contribution is 2.27. The summed E-state index contributed by atoms with van der Waals surface area (Å²) in [6.45, 7) is 3.28. The molecule has 9 heteroatoms. The number of carbonyl (C=O) groups excluding carboxylic acids is 2. The van der Waals surface area contributed by atoms with Crippen LogP contribution in [0, 0.1) is 0 Å². The maximum Gasteiger partial charge on any atom is 0.257 e. The maximum absolute atomic E-state index is 12.7. The van der Waals surface area contributed by atoms with E-state index >= 15 is 0 Å². The van der Waals surface area contributed by atoms with Crippen molar-refractivity contribution in [1.29, 1.82) is 0 Å². The van der Waals surface area contributed by atoms with Gasteiger partial charge < -0.3 is 14.6 Å². The van der Waals surface area contributed by atoms with E-state index in [0.717, 1.165) is 23.4 Å². The Bertz CT molecular complexity index is 1240. The summed E-state index contributed by atoms with van der Waals surface area (Å²) in [5, 5.41) is 8.06. The normalized spacial score (nSPS) is 10.6. The standard InChI is InChI=1S/C25H25N5O3S/c1-2-14-33-21-8-6-18(7-9-21)22-16-34-25(28-22)29-24(32)19-4-3-5-20(15-19)27-23(31)10-12-30-13-11-26-17-30/h3-9,11,13,15-17H,2,10,12,14H2,1H3,(H,27,31)(H,28,29,32). The molecule has 174 valence electrons. The number of hydrogen-bond donors (Lipinski definition) is 2. The highest BCUT2D eigenvalue weighted by Gasteiger charge is 2.12. The number of amides is 2. The summed E-state index contributed by atoms with van der Waals surface area (Å²) in [4.78, 5) is 33.5. The molecule has 0 saturated carbocycles. The Morgan fingerprint density at radius 2 is 1.97 bits per heavy atom. The van der Waals surface area contributed by atoms with Crippen LogP contribution in [-0.2, 0) is 11.3 Å². The summed E-state index contributed by atoms with van der Waals surface area (Å²) in [5.41, 5.74) is 2.72. The van der Waals surface area contributed by atoms with Crippen LogP contribution in [0.25, 0.3) is 11.3 Å². The second-order valence-corrected chi connectivity index (χ2v) is 8.40. The molecule has 8 nitrogen and oxygen atoms in total. The number of hydrogen-bond acceptors (Lipinski definition) is 6. The molecule has 0 fully saturated rings. The minimum atomic E-state index is -0.293. The molecular formula is C25H25N5O3S. The van der Waals surface area contributed by atoms with Crippen molar-refractivity contribution in [2.24, 2.45) is 0 Å². The molecule has 2 amide bonds. The van der Waals surface area contributed by atoms with Crippen molar-refractivity contribution in [2.75, 3.05) is 17.2 Å². The van der Waals surface area contributed by atoms with Gasteiger partial charge in [-0.1, -0.05) is 13.0 Å². The van der Waals surface area contributed by atoms with Gasteiger partial charge in [0.15, 0.2) is 5.13 Å². The fourth-order valence-electron chi connectivity index (χ4n) is 3.19. The lowest BCUT2D eigenvalue weighted by atomic mass is 10.2. The fraction of sp³-hybridized carbons (Fsp3) is 0.200. The SMILES string of the molecule is CCCOc1ccc(-c2csc(NC(=O)c3cccc(NC(=O)CCn4ccnc4)c3)n2)cc1. The lowest BCUT2D eigenvalue weighted by Crippen LogP contribution is -2.15. The summed E-state index contributed by atoms with van der Waals surface area (Å²) in [6.07, 6.45) is 6.40. The average Bonchev–Trinajstić information content (AvgIpc) is 3.54. The zero-order valence-corrected chi connectivity index (χ0v) is 19.5. The van der Waals surface area contributed by atoms with E-state index in [1.807, 2.05) is 34.2 Å². The largest absolute Gasteiger partial charge is 0.494 e. The quantitative estimate of drug-likeness (QED) is 0.333. The Balaban J connectivity index is 1.34. The van der Waals surface area contributed by atoms with Crippen molar-refractivity contribution in [3.63, 3.8) is 0 Å². The summed E-state index contributed by atoms with van der Waals surface area (Å²) in [7, 11) is 0. The molecular weight excluding hydrogens is 450 g/mol. The van der Waals surface area contributed by atoms with Crippen LogP contribution in [0.5, 0.6) is 5.75 Å². The lowest BCUT2D eigenvalue weighted by Gasteiger charge is -2.08. The third kappa shape index (κ3) is 6.29. The molecule has 0 radical (unpaired) electrons. The third-order valence-electron chi connectivity index (χ3n) is 4.91. The van der Waals surface area contributed by atoms with Crippen molar-refractivity contribution in [2.45, 2.75) is 26.3 Å². The molecule has 2 heterocycles. The van der Waals surface area contributed by atoms with Crippen LogP contribution in [0.3, 0.4) is 0 Å². The van der Waals surface area contributed by atoms with Gasteiger partial charge in [0.1, 0.15) is 5.75 Å². The molecule has 0 bridgehead atoms. The molecule has 0 aliphatic rings. The predicted octanol–water partition coefficient (Wildman–Crippen LogP) is 5.08. The second-order valence-electron chi connectivity index (χ2n) is 7.54. The zero-order chi connectivity index (χ0) is 23.8. The van der Waals surface area contributed by atoms with Crippen molar-refractivity contribution in [1.82, 2.24) is 14.5 Å². The highest BCUT2D eigenvalue weighted by molar-refractivity contribution is 7.14. The van der Waals surface area contributed by atoms with Crippen LogP contribution in [-0.4, -0.2) is 33.0 Å². The molecule has 0 atom stereocenters. The molecule has 2 aromatic carbocycles. The van der Waals surface area contributed by atoms with Gasteiger partial charge in [-0.2, -0.15) is 0 Å². The van der Waals surface area contributed by atoms with Gasteiger partial charge in [-0.05, 0) is 48.9 Å². The fourth-order valence-corrected chi connectivity index (χ4v) is 3.90. The number of aromatic nitrogens is 3. The monoisotopic (exact) mass is 475 g/mol. The topological polar surface area (TPSA) is 98.1 Å². The van der Waals surface area contributed by atoms with Gasteiger partial charge in [-0.3, -0.25) is 14.9 Å². The number of aryl methyl sites for hydroxylation is 1. The van der Waals surface area contributed by atoms with E-state index in [2.05, 4.69) is 27.5 Å². The van der Waals surface area contributed by atoms with Gasteiger partial charge >= 0.3 is 0 Å². The van der Waals surface area contributed by atoms with Gasteiger partial charge in [0.2, 0.25) is 5.91 Å². The number of nitrogens with one attached hydrogen (secondary N) is 2. The van der Waals surface area contributed by atoms with Crippen molar-refractivity contribution < 1.29 is 14.3 Å². The second kappa shape index (κ2) is 11.2. The first-order valence-corrected chi connectivity index (χ1v) is 11.8. The number of nitrogens with zero attached hydrogens (tertiary/aromatic N) is 3. The van der Waals surface area contributed by atoms with Crippen LogP contribution in [0.4, 0.5) is 10.8 Å². The third-order valence-corrected chi connectivity index (χ3v) is 5.67. The summed E-state index contributed by atoms with van der Waals surface area (Å²) in [5.74, 6) is 0.392. The van der Waals surface area contributed by atoms with E-state index in [4.69, 9.17) is 4.74 Å². The molecule has 0 spiro atoms. The molecule has 4 aromatic rings. The molecule has 4 rings (SSSR count). The summed E-state index contributed by atoms with van der Waals surface area (Å²) >= 11 is 1.35. The van der Waals surface area contributed by atoms with Crippen LogP contribution in [0.1, 0.15) is 30.1 Å². The smallest absolute Gasteiger partial charge is 0.257 e. The van der Waals surface area contributed by atoms with E-state index in [1.54, 1.807) is 43.0 Å². The zero-order valence-electron chi connectivity index (χ0n) is 18.7. The summed E-state index contributed by atoms with van der Waals surface area (Å²) < 4.78 is 7.45. The molecule has 2 aromatic heterocycles. The first kappa shape index (κ1) is 23.2. The van der Waals surface area contributed by atoms with Crippen molar-refractivity contribution >= 4 is 34.0 Å². The van der Waals surface area contributed by atoms with Gasteiger partial charge in [0.25, 0.3) is 5.91 Å². The van der Waals surface area contributed by atoms with Crippen LogP contribution >= 0.6 is 11.3 Å². The molecule has 0 aliphatic carbocycles. The first-order valence-electron chi connectivity index (χ1n) is 11.0. The van der Waals surface area contributed by atoms with Crippen molar-refractivity contribution in [3.8, 4) is 17.0 Å². The van der Waals surface area contributed by atoms with E-state index in [0.29, 0.717) is 36.0 Å². The Morgan fingerprint density at radius 1 is 1.12 bits per heavy atom. The van der Waals surface area contributed by atoms with Crippen LogP contribution < -0.4 is 15.4 Å². The first-order chi connectivity index (χ1) is 16.6. The van der Waals surface area contributed by atoms with Gasteiger partial charge in [-0.15, -0.1) is 11.3 Å². The molecule has 34 heavy (non-hydrogen) atoms. The van der Waals surface area contributed by atoms with E-state index in [1.165, 1.54) is 11.3 Å². The Morgan fingerprint density at radius 3 is 2.74 bits per heavy atom. The van der Waals surface area contributed by atoms with E-state index < -0.39 is 0 Å². The number of anilines is 2. The van der Waals surface area contributed by atoms with Gasteiger partial charge in [0.05, 0.1) is 18.6 Å². The Labute approximate surface area is 201 Å². The lowest BCUT2D eigenvalue weighted by molar-refractivity contribution is -0.116. The van der Waals surface area contributed by atoms with Gasteiger partial charge in [0, 0.05) is 47.6 Å². The Hall–Kier alpha value is -3.98. The average molecular weight is 476 g/mol. The summed E-state index contributed by atoms with van der Waals surface area (Å²) in [6, 6.07) is 14.6. The maximum atomic E-state index is 12.7. The van der Waals surface area contributed by atoms with Crippen LogP contribution in [0.15, 0.2) is 72.6 Å².